The molecule has 36 heavy (non-hydrogen) atoms. The summed E-state index contributed by atoms with van der Waals surface area (Å²) in [6.07, 6.45) is 0. The van der Waals surface area contributed by atoms with Crippen LogP contribution in [0.5, 0.6) is 5.75 Å². The van der Waals surface area contributed by atoms with Crippen LogP contribution in [0.4, 0.5) is 0 Å². The molecule has 1 aliphatic rings. The molecule has 0 bridgehead atoms. The number of carbonyl (C=O) groups excluding carboxylic acids is 2. The van der Waals surface area contributed by atoms with Crippen LogP contribution in [0.1, 0.15) is 33.2 Å². The van der Waals surface area contributed by atoms with Crippen LogP contribution in [0.3, 0.4) is 0 Å². The van der Waals surface area contributed by atoms with Crippen molar-refractivity contribution in [1.82, 2.24) is 9.55 Å². The highest BCUT2D eigenvalue weighted by molar-refractivity contribution is 7.98. The fourth-order valence-corrected chi connectivity index (χ4v) is 5.19. The van der Waals surface area contributed by atoms with E-state index in [1.807, 2.05) is 6.07 Å². The van der Waals surface area contributed by atoms with E-state index in [4.69, 9.17) is 19.2 Å². The van der Waals surface area contributed by atoms with Gasteiger partial charge in [-0.15, -0.1) is 0 Å². The van der Waals surface area contributed by atoms with Crippen LogP contribution in [0.2, 0.25) is 0 Å². The summed E-state index contributed by atoms with van der Waals surface area (Å²) in [5, 5.41) is 0.984. The number of nitrogens with zero attached hydrogens (tertiary/aromatic N) is 2. The number of esters is 1. The van der Waals surface area contributed by atoms with Gasteiger partial charge in [-0.05, 0) is 43.3 Å². The molecule has 1 aromatic heterocycles. The molecule has 0 atom stereocenters. The minimum Gasteiger partial charge on any atom is -0.496 e. The summed E-state index contributed by atoms with van der Waals surface area (Å²) in [4.78, 5) is 43.7. The second kappa shape index (κ2) is 11.7. The second-order valence-electron chi connectivity index (χ2n) is 8.56. The molecule has 1 aliphatic heterocycles. The van der Waals surface area contributed by atoms with Crippen LogP contribution < -0.4 is 15.2 Å². The molecule has 190 valence electrons. The zero-order chi connectivity index (χ0) is 25.7. The summed E-state index contributed by atoms with van der Waals surface area (Å²) in [6, 6.07) is 10.1. The zero-order valence-corrected chi connectivity index (χ0v) is 21.5. The Kier molecular flexibility index (Phi) is 8.40. The lowest BCUT2D eigenvalue weighted by Crippen LogP contribution is -3.14. The normalized spacial score (nSPS) is 14.1. The summed E-state index contributed by atoms with van der Waals surface area (Å²) in [5.41, 5.74) is 2.03. The van der Waals surface area contributed by atoms with E-state index in [9.17, 15) is 14.4 Å². The van der Waals surface area contributed by atoms with Crippen LogP contribution in [-0.4, -0.2) is 68.4 Å². The van der Waals surface area contributed by atoms with Crippen molar-refractivity contribution >= 4 is 34.4 Å². The Morgan fingerprint density at radius 3 is 2.56 bits per heavy atom. The molecular weight excluding hydrogens is 482 g/mol. The van der Waals surface area contributed by atoms with Gasteiger partial charge in [0.25, 0.3) is 5.56 Å². The van der Waals surface area contributed by atoms with Gasteiger partial charge in [0.05, 0.1) is 57.0 Å². The fraction of sp³-hybridized carbons (Fsp3) is 0.385. The van der Waals surface area contributed by atoms with Crippen LogP contribution in [0.15, 0.2) is 46.3 Å². The number of ether oxygens (including phenoxy) is 3. The van der Waals surface area contributed by atoms with Crippen molar-refractivity contribution in [2.45, 2.75) is 24.4 Å². The van der Waals surface area contributed by atoms with Crippen LogP contribution in [0, 0.1) is 0 Å². The van der Waals surface area contributed by atoms with E-state index in [2.05, 4.69) is 0 Å². The van der Waals surface area contributed by atoms with Crippen molar-refractivity contribution in [1.29, 1.82) is 0 Å². The number of hydrogen-bond acceptors (Lipinski definition) is 8. The molecule has 0 amide bonds. The number of rotatable bonds is 9. The van der Waals surface area contributed by atoms with Crippen molar-refractivity contribution in [3.63, 3.8) is 0 Å². The predicted octanol–water partition coefficient (Wildman–Crippen LogP) is 1.60. The number of hydrogen-bond donors (Lipinski definition) is 1. The van der Waals surface area contributed by atoms with Gasteiger partial charge < -0.3 is 19.1 Å². The molecule has 2 aromatic carbocycles. The Balaban J connectivity index is 1.71. The van der Waals surface area contributed by atoms with Crippen molar-refractivity contribution < 1.29 is 28.7 Å². The highest BCUT2D eigenvalue weighted by Gasteiger charge is 2.19. The summed E-state index contributed by atoms with van der Waals surface area (Å²) >= 11 is 1.40. The summed E-state index contributed by atoms with van der Waals surface area (Å²) < 4.78 is 17.5. The quantitative estimate of drug-likeness (QED) is 0.200. The molecule has 3 aromatic rings. The van der Waals surface area contributed by atoms with Gasteiger partial charge >= 0.3 is 5.97 Å². The standard InChI is InChI=1S/C26H29N3O6S/c1-17(30)18-5-7-23(33-2)20(14-18)16-36-26-27-22-15-19(25(32)34-3)4-6-21(22)24(31)29(26)9-8-28-10-12-35-13-11-28/h4-7,14-15H,8-13,16H2,1-3H3/p+1. The number of carbonyl (C=O) groups is 2. The van der Waals surface area contributed by atoms with Gasteiger partial charge in [-0.1, -0.05) is 11.8 Å². The minimum absolute atomic E-state index is 0.0338. The van der Waals surface area contributed by atoms with E-state index < -0.39 is 5.97 Å². The Hall–Kier alpha value is -3.21. The van der Waals surface area contributed by atoms with Crippen LogP contribution in [0.25, 0.3) is 10.9 Å². The van der Waals surface area contributed by atoms with Gasteiger partial charge in [-0.2, -0.15) is 0 Å². The number of quaternary nitrogens is 1. The molecular formula is C26H30N3O6S+. The van der Waals surface area contributed by atoms with Crippen LogP contribution >= 0.6 is 11.8 Å². The van der Waals surface area contributed by atoms with Crippen molar-refractivity contribution in [3.8, 4) is 5.75 Å². The number of ketones is 1. The Morgan fingerprint density at radius 1 is 1.11 bits per heavy atom. The number of Topliss-reactive ketones (excluding diaryl/α,β-unsaturated/α-hetero) is 1. The lowest BCUT2D eigenvalue weighted by molar-refractivity contribution is -0.908. The molecule has 1 fully saturated rings. The molecule has 4 rings (SSSR count). The fourth-order valence-electron chi connectivity index (χ4n) is 4.19. The van der Waals surface area contributed by atoms with Gasteiger partial charge in [-0.3, -0.25) is 14.2 Å². The number of methoxy groups -OCH3 is 2. The van der Waals surface area contributed by atoms with Gasteiger partial charge in [0, 0.05) is 16.9 Å². The van der Waals surface area contributed by atoms with E-state index in [0.29, 0.717) is 58.4 Å². The SMILES string of the molecule is COC(=O)c1ccc2c(=O)n(CC[NH+]3CCOCC3)c(SCc3cc(C(C)=O)ccc3OC)nc2c1. The minimum atomic E-state index is -0.487. The van der Waals surface area contributed by atoms with Gasteiger partial charge in [0.1, 0.15) is 18.8 Å². The molecule has 1 saturated heterocycles. The lowest BCUT2D eigenvalue weighted by Gasteiger charge is -2.24. The topological polar surface area (TPSA) is 101 Å². The molecule has 0 radical (unpaired) electrons. The first-order valence-corrected chi connectivity index (χ1v) is 12.7. The van der Waals surface area contributed by atoms with E-state index in [-0.39, 0.29) is 11.3 Å². The molecule has 1 N–H and O–H groups in total. The van der Waals surface area contributed by atoms with E-state index >= 15 is 0 Å². The summed E-state index contributed by atoms with van der Waals surface area (Å²) in [7, 11) is 2.90. The summed E-state index contributed by atoms with van der Waals surface area (Å²) in [5.74, 6) is 0.587. The van der Waals surface area contributed by atoms with Crippen LogP contribution in [-0.2, 0) is 21.8 Å². The third-order valence-corrected chi connectivity index (χ3v) is 7.30. The number of aromatic nitrogens is 2. The monoisotopic (exact) mass is 512 g/mol. The van der Waals surface area contributed by atoms with E-state index in [1.54, 1.807) is 42.0 Å². The Bertz CT molecular complexity index is 1330. The highest BCUT2D eigenvalue weighted by Crippen LogP contribution is 2.29. The van der Waals surface area contributed by atoms with E-state index in [1.165, 1.54) is 30.7 Å². The van der Waals surface area contributed by atoms with Gasteiger partial charge in [0.2, 0.25) is 0 Å². The van der Waals surface area contributed by atoms with Crippen molar-refractivity contribution in [2.75, 3.05) is 47.1 Å². The predicted molar refractivity (Wildman–Crippen MR) is 136 cm³/mol. The molecule has 9 nitrogen and oxygen atoms in total. The maximum Gasteiger partial charge on any atom is 0.337 e. The van der Waals surface area contributed by atoms with E-state index in [0.717, 1.165) is 25.2 Å². The number of benzene rings is 2. The maximum atomic E-state index is 13.5. The first-order chi connectivity index (χ1) is 17.4. The molecule has 10 heteroatoms. The first-order valence-electron chi connectivity index (χ1n) is 11.8. The first kappa shape index (κ1) is 25.9. The Labute approximate surface area is 213 Å². The Morgan fingerprint density at radius 2 is 1.86 bits per heavy atom. The van der Waals surface area contributed by atoms with Crippen molar-refractivity contribution in [3.05, 3.63) is 63.4 Å². The maximum absolute atomic E-state index is 13.5. The number of fused-ring (bicyclic) bond motifs is 1. The molecule has 0 unspecified atom stereocenters. The number of nitrogens with one attached hydrogen (secondary N) is 1. The molecule has 0 saturated carbocycles. The molecule has 0 aliphatic carbocycles. The number of morpholine rings is 1. The lowest BCUT2D eigenvalue weighted by atomic mass is 10.1. The van der Waals surface area contributed by atoms with Crippen molar-refractivity contribution in [2.24, 2.45) is 0 Å². The molecule has 0 spiro atoms. The van der Waals surface area contributed by atoms with Gasteiger partial charge in [0.15, 0.2) is 10.9 Å². The second-order valence-corrected chi connectivity index (χ2v) is 9.50. The highest BCUT2D eigenvalue weighted by atomic mass is 32.2. The average Bonchev–Trinajstić information content (AvgIpc) is 2.91. The number of thioether (sulfide) groups is 1. The summed E-state index contributed by atoms with van der Waals surface area (Å²) in [6.45, 7) is 6.02. The smallest absolute Gasteiger partial charge is 0.337 e. The third kappa shape index (κ3) is 5.77. The molecule has 2 heterocycles. The average molecular weight is 513 g/mol. The van der Waals surface area contributed by atoms with Gasteiger partial charge in [-0.25, -0.2) is 9.78 Å². The largest absolute Gasteiger partial charge is 0.496 e. The zero-order valence-electron chi connectivity index (χ0n) is 20.7. The third-order valence-electron chi connectivity index (χ3n) is 6.27.